The number of aromatic nitrogens is 3. The molecular formula is C10H11N3O4S. The fourth-order valence-electron chi connectivity index (χ4n) is 3.17. The minimum absolute atomic E-state index is 0.0784. The lowest BCUT2D eigenvalue weighted by Crippen LogP contribution is -2.30. The molecule has 1 aromatic rings. The summed E-state index contributed by atoms with van der Waals surface area (Å²) < 4.78 is 0.697. The van der Waals surface area contributed by atoms with Crippen molar-refractivity contribution < 1.29 is 19.8 Å². The molecule has 2 N–H and O–H groups in total. The lowest BCUT2D eigenvalue weighted by molar-refractivity contribution is -0.143. The second-order valence-corrected chi connectivity index (χ2v) is 5.90. The molecule has 8 heteroatoms. The summed E-state index contributed by atoms with van der Waals surface area (Å²) in [5.74, 6) is -3.14. The van der Waals surface area contributed by atoms with Crippen LogP contribution in [0.5, 0.6) is 0 Å². The zero-order valence-electron chi connectivity index (χ0n) is 9.26. The molecule has 0 aromatic carbocycles. The highest BCUT2D eigenvalue weighted by atomic mass is 32.2. The fourth-order valence-corrected chi connectivity index (χ4v) is 4.74. The Balaban J connectivity index is 1.93. The van der Waals surface area contributed by atoms with E-state index in [0.29, 0.717) is 12.8 Å². The van der Waals surface area contributed by atoms with Gasteiger partial charge in [-0.2, -0.15) is 4.09 Å². The first-order valence-electron chi connectivity index (χ1n) is 5.59. The summed E-state index contributed by atoms with van der Waals surface area (Å²) in [6.45, 7) is 0. The zero-order valence-corrected chi connectivity index (χ0v) is 10.1. The number of nitrogens with zero attached hydrogens (tertiary/aromatic N) is 3. The summed E-state index contributed by atoms with van der Waals surface area (Å²) in [5, 5.41) is 25.9. The van der Waals surface area contributed by atoms with Gasteiger partial charge in [-0.1, -0.05) is 5.21 Å². The number of fused-ring (bicyclic) bond motifs is 1. The van der Waals surface area contributed by atoms with Crippen LogP contribution in [0.15, 0.2) is 12.4 Å². The van der Waals surface area contributed by atoms with E-state index < -0.39 is 28.5 Å². The van der Waals surface area contributed by atoms with Crippen LogP contribution in [-0.2, 0) is 9.59 Å². The third kappa shape index (κ3) is 1.38. The van der Waals surface area contributed by atoms with Gasteiger partial charge in [0.1, 0.15) is 0 Å². The largest absolute Gasteiger partial charge is 0.481 e. The molecule has 18 heavy (non-hydrogen) atoms. The standard InChI is InChI=1S/C10H11N3O4S/c14-8(15)6-2-1-5-7(9(16)17)10(5,6)18-13-4-3-11-12-13/h3-7H,1-2H2,(H,14,15)(H,16,17). The molecule has 2 aliphatic rings. The van der Waals surface area contributed by atoms with Crippen molar-refractivity contribution in [2.45, 2.75) is 17.6 Å². The molecule has 96 valence electrons. The number of hydrogen-bond donors (Lipinski definition) is 2. The molecule has 0 radical (unpaired) electrons. The van der Waals surface area contributed by atoms with Gasteiger partial charge in [-0.15, -0.1) is 5.10 Å². The van der Waals surface area contributed by atoms with Crippen molar-refractivity contribution in [2.75, 3.05) is 0 Å². The van der Waals surface area contributed by atoms with Crippen molar-refractivity contribution in [3.05, 3.63) is 12.4 Å². The first kappa shape index (κ1) is 11.5. The van der Waals surface area contributed by atoms with Crippen molar-refractivity contribution in [3.63, 3.8) is 0 Å². The number of aliphatic carboxylic acids is 2. The molecule has 3 rings (SSSR count). The van der Waals surface area contributed by atoms with Gasteiger partial charge in [-0.05, 0) is 30.7 Å². The van der Waals surface area contributed by atoms with Crippen LogP contribution in [0.3, 0.4) is 0 Å². The van der Waals surface area contributed by atoms with E-state index in [2.05, 4.69) is 10.3 Å². The van der Waals surface area contributed by atoms with Crippen LogP contribution in [0.1, 0.15) is 12.8 Å². The molecule has 0 bridgehead atoms. The van der Waals surface area contributed by atoms with Crippen molar-refractivity contribution in [3.8, 4) is 0 Å². The summed E-state index contributed by atoms with van der Waals surface area (Å²) >= 11 is 1.19. The quantitative estimate of drug-likeness (QED) is 0.811. The Labute approximate surface area is 106 Å². The minimum atomic E-state index is -0.922. The van der Waals surface area contributed by atoms with Gasteiger partial charge in [0.25, 0.3) is 0 Å². The third-order valence-electron chi connectivity index (χ3n) is 3.89. The smallest absolute Gasteiger partial charge is 0.308 e. The van der Waals surface area contributed by atoms with Crippen LogP contribution in [0.25, 0.3) is 0 Å². The van der Waals surface area contributed by atoms with E-state index in [4.69, 9.17) is 0 Å². The summed E-state index contributed by atoms with van der Waals surface area (Å²) in [6, 6.07) is 0. The highest BCUT2D eigenvalue weighted by Gasteiger charge is 2.77. The maximum Gasteiger partial charge on any atom is 0.308 e. The van der Waals surface area contributed by atoms with Crippen molar-refractivity contribution in [1.29, 1.82) is 0 Å². The summed E-state index contributed by atoms with van der Waals surface area (Å²) in [4.78, 5) is 22.5. The van der Waals surface area contributed by atoms with Gasteiger partial charge in [0.2, 0.25) is 0 Å². The van der Waals surface area contributed by atoms with E-state index in [0.717, 1.165) is 0 Å². The first-order valence-corrected chi connectivity index (χ1v) is 6.36. The van der Waals surface area contributed by atoms with Crippen LogP contribution in [-0.4, -0.2) is 41.3 Å². The second kappa shape index (κ2) is 3.71. The van der Waals surface area contributed by atoms with Crippen molar-refractivity contribution >= 4 is 23.9 Å². The van der Waals surface area contributed by atoms with E-state index in [-0.39, 0.29) is 5.92 Å². The second-order valence-electron chi connectivity index (χ2n) is 4.64. The third-order valence-corrected chi connectivity index (χ3v) is 5.43. The number of hydrogen-bond acceptors (Lipinski definition) is 5. The minimum Gasteiger partial charge on any atom is -0.481 e. The average Bonchev–Trinajstić information content (AvgIpc) is 2.69. The Hall–Kier alpha value is -1.57. The normalized spacial score (nSPS) is 37.2. The van der Waals surface area contributed by atoms with E-state index in [9.17, 15) is 19.8 Å². The van der Waals surface area contributed by atoms with Gasteiger partial charge in [0, 0.05) is 0 Å². The SMILES string of the molecule is O=C(O)C1CCC2C(C(=O)O)C12Sn1ccnn1. The monoisotopic (exact) mass is 269 g/mol. The lowest BCUT2D eigenvalue weighted by atomic mass is 10.00. The van der Waals surface area contributed by atoms with E-state index in [1.165, 1.54) is 22.2 Å². The molecule has 0 aliphatic heterocycles. The Bertz CT molecular complexity index is 505. The molecule has 2 saturated carbocycles. The molecule has 4 atom stereocenters. The molecule has 0 amide bonds. The lowest BCUT2D eigenvalue weighted by Gasteiger charge is -2.19. The van der Waals surface area contributed by atoms with E-state index in [1.54, 1.807) is 6.20 Å². The predicted molar refractivity (Wildman–Crippen MR) is 60.7 cm³/mol. The molecule has 0 saturated heterocycles. The summed E-state index contributed by atoms with van der Waals surface area (Å²) in [5.41, 5.74) is 0. The first-order chi connectivity index (χ1) is 8.57. The molecule has 1 heterocycles. The summed E-state index contributed by atoms with van der Waals surface area (Å²) in [7, 11) is 0. The topological polar surface area (TPSA) is 105 Å². The van der Waals surface area contributed by atoms with Gasteiger partial charge < -0.3 is 10.2 Å². The van der Waals surface area contributed by atoms with Gasteiger partial charge in [-0.3, -0.25) is 9.59 Å². The van der Waals surface area contributed by atoms with Crippen molar-refractivity contribution in [2.24, 2.45) is 17.8 Å². The highest BCUT2D eigenvalue weighted by molar-refractivity contribution is 7.99. The number of carbonyl (C=O) groups is 2. The van der Waals surface area contributed by atoms with Crippen LogP contribution in [0.4, 0.5) is 0 Å². The van der Waals surface area contributed by atoms with Gasteiger partial charge in [0.15, 0.2) is 0 Å². The maximum atomic E-state index is 11.3. The summed E-state index contributed by atoms with van der Waals surface area (Å²) in [6.07, 6.45) is 4.27. The maximum absolute atomic E-state index is 11.3. The van der Waals surface area contributed by atoms with Crippen LogP contribution in [0.2, 0.25) is 0 Å². The van der Waals surface area contributed by atoms with E-state index >= 15 is 0 Å². The molecular weight excluding hydrogens is 258 g/mol. The molecule has 2 fully saturated rings. The van der Waals surface area contributed by atoms with Crippen molar-refractivity contribution in [1.82, 2.24) is 14.4 Å². The highest BCUT2D eigenvalue weighted by Crippen LogP contribution is 2.71. The van der Waals surface area contributed by atoms with Gasteiger partial charge in [-0.25, -0.2) is 0 Å². The van der Waals surface area contributed by atoms with Crippen LogP contribution < -0.4 is 0 Å². The molecule has 4 unspecified atom stereocenters. The Morgan fingerprint density at radius 1 is 1.33 bits per heavy atom. The molecule has 1 aromatic heterocycles. The number of carboxylic acid groups (broad SMARTS) is 2. The van der Waals surface area contributed by atoms with Gasteiger partial charge >= 0.3 is 11.9 Å². The fraction of sp³-hybridized carbons (Fsp3) is 0.600. The Morgan fingerprint density at radius 2 is 2.11 bits per heavy atom. The van der Waals surface area contributed by atoms with E-state index in [1.807, 2.05) is 0 Å². The Morgan fingerprint density at radius 3 is 2.61 bits per heavy atom. The Kier molecular flexibility index (Phi) is 2.37. The average molecular weight is 269 g/mol. The van der Waals surface area contributed by atoms with Gasteiger partial charge in [0.05, 0.1) is 29.0 Å². The van der Waals surface area contributed by atoms with Crippen LogP contribution in [0, 0.1) is 17.8 Å². The molecule has 7 nitrogen and oxygen atoms in total. The predicted octanol–water partition coefficient (Wildman–Crippen LogP) is 0.338. The molecule has 2 aliphatic carbocycles. The number of rotatable bonds is 4. The molecule has 0 spiro atoms. The van der Waals surface area contributed by atoms with Crippen LogP contribution >= 0.6 is 11.9 Å². The zero-order chi connectivity index (χ0) is 12.9. The number of carboxylic acids is 2.